The van der Waals surface area contributed by atoms with Crippen molar-refractivity contribution >= 4 is 5.91 Å². The molecule has 104 valence electrons. The summed E-state index contributed by atoms with van der Waals surface area (Å²) in [6.07, 6.45) is 4.06. The highest BCUT2D eigenvalue weighted by Crippen LogP contribution is 2.09. The fourth-order valence-corrected chi connectivity index (χ4v) is 2.43. The number of H-pyrrole nitrogens is 1. The molecule has 19 heavy (non-hydrogen) atoms. The molecule has 2 rings (SSSR count). The van der Waals surface area contributed by atoms with Crippen LogP contribution in [0.1, 0.15) is 30.1 Å². The molecule has 1 aromatic heterocycles. The standard InChI is InChI=1S/C14H21N3O2/c1-11(10-17-6-2-3-7-17)9-16-14(19)12-4-5-15-13(18)8-12/h4-5,8,11H,2-3,6-7,9-10H2,1H3,(H,15,18)(H,16,19). The number of likely N-dealkylation sites (tertiary alicyclic amines) is 1. The monoisotopic (exact) mass is 263 g/mol. The van der Waals surface area contributed by atoms with Gasteiger partial charge in [-0.15, -0.1) is 0 Å². The summed E-state index contributed by atoms with van der Waals surface area (Å²) in [6, 6.07) is 2.93. The van der Waals surface area contributed by atoms with E-state index in [-0.39, 0.29) is 11.5 Å². The molecule has 1 aliphatic rings. The van der Waals surface area contributed by atoms with Gasteiger partial charge in [-0.1, -0.05) is 6.92 Å². The van der Waals surface area contributed by atoms with Gasteiger partial charge in [-0.25, -0.2) is 0 Å². The average molecular weight is 263 g/mol. The smallest absolute Gasteiger partial charge is 0.251 e. The van der Waals surface area contributed by atoms with Crippen molar-refractivity contribution < 1.29 is 4.79 Å². The lowest BCUT2D eigenvalue weighted by atomic mass is 10.1. The summed E-state index contributed by atoms with van der Waals surface area (Å²) < 4.78 is 0. The largest absolute Gasteiger partial charge is 0.352 e. The van der Waals surface area contributed by atoms with Crippen molar-refractivity contribution in [2.24, 2.45) is 5.92 Å². The van der Waals surface area contributed by atoms with E-state index >= 15 is 0 Å². The van der Waals surface area contributed by atoms with Crippen molar-refractivity contribution in [3.05, 3.63) is 34.2 Å². The summed E-state index contributed by atoms with van der Waals surface area (Å²) in [6.45, 7) is 6.15. The van der Waals surface area contributed by atoms with Gasteiger partial charge in [0.2, 0.25) is 5.56 Å². The van der Waals surface area contributed by atoms with Crippen molar-refractivity contribution in [2.75, 3.05) is 26.2 Å². The van der Waals surface area contributed by atoms with Crippen LogP contribution >= 0.6 is 0 Å². The molecule has 1 saturated heterocycles. The molecule has 1 aromatic rings. The fraction of sp³-hybridized carbons (Fsp3) is 0.571. The lowest BCUT2D eigenvalue weighted by Gasteiger charge is -2.20. The fourth-order valence-electron chi connectivity index (χ4n) is 2.43. The highest BCUT2D eigenvalue weighted by Gasteiger charge is 2.15. The molecule has 1 amide bonds. The number of rotatable bonds is 5. The van der Waals surface area contributed by atoms with E-state index < -0.39 is 0 Å². The minimum atomic E-state index is -0.252. The quantitative estimate of drug-likeness (QED) is 0.827. The number of nitrogens with zero attached hydrogens (tertiary/aromatic N) is 1. The third-order valence-electron chi connectivity index (χ3n) is 3.42. The molecule has 5 heteroatoms. The second-order valence-corrected chi connectivity index (χ2v) is 5.26. The van der Waals surface area contributed by atoms with Crippen LogP contribution in [0.5, 0.6) is 0 Å². The molecule has 0 spiro atoms. The molecule has 1 aliphatic heterocycles. The van der Waals surface area contributed by atoms with Gasteiger partial charge in [0.25, 0.3) is 5.91 Å². The maximum atomic E-state index is 11.9. The van der Waals surface area contributed by atoms with E-state index in [0.717, 1.165) is 6.54 Å². The van der Waals surface area contributed by atoms with Gasteiger partial charge in [0.05, 0.1) is 0 Å². The zero-order valence-corrected chi connectivity index (χ0v) is 11.3. The Bertz CT molecular complexity index is 478. The van der Waals surface area contributed by atoms with E-state index in [1.807, 2.05) is 0 Å². The van der Waals surface area contributed by atoms with Crippen LogP contribution in [0.15, 0.2) is 23.1 Å². The van der Waals surface area contributed by atoms with Gasteiger partial charge in [0.1, 0.15) is 0 Å². The first-order chi connectivity index (χ1) is 9.15. The molecular formula is C14H21N3O2. The molecular weight excluding hydrogens is 242 g/mol. The number of aromatic amines is 1. The van der Waals surface area contributed by atoms with Gasteiger partial charge in [-0.05, 0) is 37.9 Å². The summed E-state index contributed by atoms with van der Waals surface area (Å²) in [5, 5.41) is 2.88. The summed E-state index contributed by atoms with van der Waals surface area (Å²) in [4.78, 5) is 27.9. The van der Waals surface area contributed by atoms with Gasteiger partial charge in [0.15, 0.2) is 0 Å². The molecule has 0 aromatic carbocycles. The van der Waals surface area contributed by atoms with Crippen LogP contribution in [0, 0.1) is 5.92 Å². The van der Waals surface area contributed by atoms with E-state index in [0.29, 0.717) is 18.0 Å². The Hall–Kier alpha value is -1.62. The molecule has 1 fully saturated rings. The molecule has 0 radical (unpaired) electrons. The van der Waals surface area contributed by atoms with Gasteiger partial charge in [0, 0.05) is 30.9 Å². The van der Waals surface area contributed by atoms with Gasteiger partial charge in [-0.3, -0.25) is 9.59 Å². The first-order valence-corrected chi connectivity index (χ1v) is 6.84. The molecule has 2 N–H and O–H groups in total. The zero-order chi connectivity index (χ0) is 13.7. The number of hydrogen-bond donors (Lipinski definition) is 2. The number of carbonyl (C=O) groups is 1. The molecule has 0 bridgehead atoms. The Balaban J connectivity index is 1.78. The third kappa shape index (κ3) is 4.21. The van der Waals surface area contributed by atoms with Crippen molar-refractivity contribution in [1.82, 2.24) is 15.2 Å². The first kappa shape index (κ1) is 13.8. The van der Waals surface area contributed by atoms with Gasteiger partial charge < -0.3 is 15.2 Å². The Morgan fingerprint density at radius 3 is 2.89 bits per heavy atom. The first-order valence-electron chi connectivity index (χ1n) is 6.84. The summed E-state index contributed by atoms with van der Waals surface area (Å²) >= 11 is 0. The third-order valence-corrected chi connectivity index (χ3v) is 3.42. The van der Waals surface area contributed by atoms with Crippen LogP contribution in [0.25, 0.3) is 0 Å². The summed E-state index contributed by atoms with van der Waals surface area (Å²) in [5.41, 5.74) is 0.162. The Labute approximate surface area is 113 Å². The molecule has 2 heterocycles. The summed E-state index contributed by atoms with van der Waals surface area (Å²) in [5.74, 6) is 0.239. The SMILES string of the molecule is CC(CNC(=O)c1cc[nH]c(=O)c1)CN1CCCC1. The maximum Gasteiger partial charge on any atom is 0.251 e. The van der Waals surface area contributed by atoms with Crippen LogP contribution in [0.2, 0.25) is 0 Å². The van der Waals surface area contributed by atoms with Crippen LogP contribution in [-0.4, -0.2) is 42.0 Å². The van der Waals surface area contributed by atoms with Gasteiger partial charge >= 0.3 is 0 Å². The Morgan fingerprint density at radius 1 is 1.47 bits per heavy atom. The highest BCUT2D eigenvalue weighted by molar-refractivity contribution is 5.93. The van der Waals surface area contributed by atoms with E-state index in [1.165, 1.54) is 38.2 Å². The number of aromatic nitrogens is 1. The Morgan fingerprint density at radius 2 is 2.21 bits per heavy atom. The topological polar surface area (TPSA) is 65.2 Å². The summed E-state index contributed by atoms with van der Waals surface area (Å²) in [7, 11) is 0. The average Bonchev–Trinajstić information content (AvgIpc) is 2.88. The minimum Gasteiger partial charge on any atom is -0.352 e. The number of pyridine rings is 1. The highest BCUT2D eigenvalue weighted by atomic mass is 16.2. The molecule has 1 unspecified atom stereocenters. The van der Waals surface area contributed by atoms with Crippen LogP contribution in [0.3, 0.4) is 0 Å². The van der Waals surface area contributed by atoms with E-state index in [2.05, 4.69) is 22.1 Å². The van der Waals surface area contributed by atoms with E-state index in [4.69, 9.17) is 0 Å². The van der Waals surface area contributed by atoms with Crippen LogP contribution < -0.4 is 10.9 Å². The lowest BCUT2D eigenvalue weighted by Crippen LogP contribution is -2.34. The zero-order valence-electron chi connectivity index (χ0n) is 11.3. The number of amides is 1. The predicted molar refractivity (Wildman–Crippen MR) is 74.2 cm³/mol. The molecule has 0 saturated carbocycles. The predicted octanol–water partition coefficient (Wildman–Crippen LogP) is 0.837. The van der Waals surface area contributed by atoms with Crippen molar-refractivity contribution in [2.45, 2.75) is 19.8 Å². The van der Waals surface area contributed by atoms with Crippen LogP contribution in [0.4, 0.5) is 0 Å². The second-order valence-electron chi connectivity index (χ2n) is 5.26. The van der Waals surface area contributed by atoms with Crippen LogP contribution in [-0.2, 0) is 0 Å². The number of carbonyl (C=O) groups excluding carboxylic acids is 1. The van der Waals surface area contributed by atoms with E-state index in [9.17, 15) is 9.59 Å². The number of nitrogens with one attached hydrogen (secondary N) is 2. The molecule has 5 nitrogen and oxygen atoms in total. The van der Waals surface area contributed by atoms with Crippen molar-refractivity contribution in [1.29, 1.82) is 0 Å². The second kappa shape index (κ2) is 6.52. The minimum absolute atomic E-state index is 0.181. The Kier molecular flexibility index (Phi) is 4.74. The molecule has 1 atom stereocenters. The van der Waals surface area contributed by atoms with E-state index in [1.54, 1.807) is 6.07 Å². The maximum absolute atomic E-state index is 11.9. The number of hydrogen-bond acceptors (Lipinski definition) is 3. The van der Waals surface area contributed by atoms with Crippen molar-refractivity contribution in [3.63, 3.8) is 0 Å². The normalized spacial score (nSPS) is 17.3. The van der Waals surface area contributed by atoms with Crippen molar-refractivity contribution in [3.8, 4) is 0 Å². The van der Waals surface area contributed by atoms with Gasteiger partial charge in [-0.2, -0.15) is 0 Å². The lowest BCUT2D eigenvalue weighted by molar-refractivity contribution is 0.0945. The molecule has 0 aliphatic carbocycles.